The van der Waals surface area contributed by atoms with Crippen molar-refractivity contribution in [3.63, 3.8) is 0 Å². The number of nitrogen functional groups attached to an aromatic ring is 1. The lowest BCUT2D eigenvalue weighted by Gasteiger charge is -2.30. The predicted octanol–water partition coefficient (Wildman–Crippen LogP) is 6.50. The second kappa shape index (κ2) is 12.5. The summed E-state index contributed by atoms with van der Waals surface area (Å²) >= 11 is 0. The van der Waals surface area contributed by atoms with E-state index in [2.05, 4.69) is 16.7 Å². The Morgan fingerprint density at radius 3 is 2.19 bits per heavy atom. The first-order chi connectivity index (χ1) is 20.6. The summed E-state index contributed by atoms with van der Waals surface area (Å²) in [6.45, 7) is 5.88. The van der Waals surface area contributed by atoms with Gasteiger partial charge in [0.15, 0.2) is 0 Å². The van der Waals surface area contributed by atoms with Gasteiger partial charge in [0.1, 0.15) is 22.8 Å². The number of carbonyl (C=O) groups excluding carboxylic acids is 2. The summed E-state index contributed by atoms with van der Waals surface area (Å²) in [5.41, 5.74) is 8.92. The van der Waals surface area contributed by atoms with E-state index in [4.69, 9.17) is 15.2 Å². The van der Waals surface area contributed by atoms with Gasteiger partial charge in [-0.25, -0.2) is 4.79 Å². The molecule has 4 aromatic rings. The maximum Gasteiger partial charge on any atom is 0.407 e. The van der Waals surface area contributed by atoms with E-state index in [1.165, 1.54) is 0 Å². The number of ether oxygens (including phenoxy) is 2. The van der Waals surface area contributed by atoms with Crippen molar-refractivity contribution in [2.75, 3.05) is 5.73 Å². The van der Waals surface area contributed by atoms with Gasteiger partial charge in [0.05, 0.1) is 22.8 Å². The fourth-order valence-electron chi connectivity index (χ4n) is 5.43. The molecule has 9 nitrogen and oxygen atoms in total. The Hall–Kier alpha value is -4.97. The predicted molar refractivity (Wildman–Crippen MR) is 166 cm³/mol. The number of hydrogen-bond acceptors (Lipinski definition) is 6. The van der Waals surface area contributed by atoms with Crippen LogP contribution in [0, 0.1) is 11.3 Å². The Bertz CT molecular complexity index is 1640. The van der Waals surface area contributed by atoms with Gasteiger partial charge >= 0.3 is 6.09 Å². The van der Waals surface area contributed by atoms with E-state index in [0.717, 1.165) is 35.1 Å². The Morgan fingerprint density at radius 1 is 0.930 bits per heavy atom. The van der Waals surface area contributed by atoms with Crippen LogP contribution >= 0.6 is 0 Å². The first kappa shape index (κ1) is 29.5. The molecule has 0 spiro atoms. The molecule has 1 saturated carbocycles. The first-order valence-corrected chi connectivity index (χ1v) is 14.5. The molecule has 3 aromatic carbocycles. The number of nitrogens with one attached hydrogen (secondary N) is 2. The van der Waals surface area contributed by atoms with Crippen LogP contribution in [-0.4, -0.2) is 34.3 Å². The van der Waals surface area contributed by atoms with Gasteiger partial charge in [-0.3, -0.25) is 4.79 Å². The molecule has 0 unspecified atom stereocenters. The summed E-state index contributed by atoms with van der Waals surface area (Å²) in [7, 11) is 0. The van der Waals surface area contributed by atoms with Crippen LogP contribution in [0.25, 0.3) is 10.9 Å². The quantitative estimate of drug-likeness (QED) is 0.229. The molecule has 2 amide bonds. The number of fused-ring (bicyclic) bond motifs is 1. The van der Waals surface area contributed by atoms with Crippen molar-refractivity contribution in [2.45, 2.75) is 70.7 Å². The SMILES string of the molecule is CC(C)(C)OC(=O)NC1CCC(NC(=O)c2c(N)c3ccc(C#N)cc3n2Cc2ccc(Oc3ccccc3)cc2)CC1. The molecule has 9 heteroatoms. The number of para-hydroxylation sites is 1. The van der Waals surface area contributed by atoms with Gasteiger partial charge in [0.25, 0.3) is 5.91 Å². The van der Waals surface area contributed by atoms with Gasteiger partial charge in [0, 0.05) is 24.0 Å². The van der Waals surface area contributed by atoms with Crippen LogP contribution in [0.5, 0.6) is 11.5 Å². The van der Waals surface area contributed by atoms with Crippen LogP contribution in [0.15, 0.2) is 72.8 Å². The summed E-state index contributed by atoms with van der Waals surface area (Å²) in [5.74, 6) is 1.19. The van der Waals surface area contributed by atoms with Crippen LogP contribution in [0.4, 0.5) is 10.5 Å². The van der Waals surface area contributed by atoms with Crippen LogP contribution in [-0.2, 0) is 11.3 Å². The summed E-state index contributed by atoms with van der Waals surface area (Å²) in [6, 6.07) is 24.6. The second-order valence-electron chi connectivity index (χ2n) is 11.9. The number of carbonyl (C=O) groups is 2. The molecular formula is C34H37N5O4. The minimum atomic E-state index is -0.556. The van der Waals surface area contributed by atoms with Gasteiger partial charge in [-0.1, -0.05) is 30.3 Å². The molecule has 0 radical (unpaired) electrons. The van der Waals surface area contributed by atoms with Crippen molar-refractivity contribution in [3.8, 4) is 17.6 Å². The van der Waals surface area contributed by atoms with Gasteiger partial charge in [-0.15, -0.1) is 0 Å². The minimum Gasteiger partial charge on any atom is -0.457 e. The highest BCUT2D eigenvalue weighted by Gasteiger charge is 2.28. The molecule has 1 aliphatic carbocycles. The van der Waals surface area contributed by atoms with E-state index >= 15 is 0 Å². The highest BCUT2D eigenvalue weighted by molar-refractivity contribution is 6.08. The van der Waals surface area contributed by atoms with E-state index in [1.54, 1.807) is 18.2 Å². The zero-order valence-electron chi connectivity index (χ0n) is 24.7. The van der Waals surface area contributed by atoms with E-state index in [-0.39, 0.29) is 18.0 Å². The average molecular weight is 580 g/mol. The van der Waals surface area contributed by atoms with Crippen LogP contribution in [0.2, 0.25) is 0 Å². The van der Waals surface area contributed by atoms with E-state index < -0.39 is 11.7 Å². The molecule has 0 bridgehead atoms. The average Bonchev–Trinajstić information content (AvgIpc) is 3.25. The molecule has 43 heavy (non-hydrogen) atoms. The minimum absolute atomic E-state index is 0.00207. The van der Waals surface area contributed by atoms with Gasteiger partial charge in [0.2, 0.25) is 0 Å². The first-order valence-electron chi connectivity index (χ1n) is 14.5. The maximum absolute atomic E-state index is 13.8. The lowest BCUT2D eigenvalue weighted by molar-refractivity contribution is 0.0487. The largest absolute Gasteiger partial charge is 0.457 e. The molecule has 5 rings (SSSR count). The number of hydrogen-bond donors (Lipinski definition) is 3. The van der Waals surface area contributed by atoms with Crippen molar-refractivity contribution in [2.24, 2.45) is 0 Å². The summed E-state index contributed by atoms with van der Waals surface area (Å²) < 4.78 is 13.2. The monoisotopic (exact) mass is 579 g/mol. The number of nitrogens with two attached hydrogens (primary N) is 1. The fraction of sp³-hybridized carbons (Fsp3) is 0.324. The van der Waals surface area contributed by atoms with E-state index in [1.807, 2.05) is 79.9 Å². The Kier molecular flexibility index (Phi) is 8.58. The van der Waals surface area contributed by atoms with Crippen molar-refractivity contribution < 1.29 is 19.1 Å². The highest BCUT2D eigenvalue weighted by Crippen LogP contribution is 2.32. The molecule has 4 N–H and O–H groups in total. The fourth-order valence-corrected chi connectivity index (χ4v) is 5.43. The van der Waals surface area contributed by atoms with Crippen molar-refractivity contribution in [1.82, 2.24) is 15.2 Å². The Labute approximate surface area is 251 Å². The third-order valence-corrected chi connectivity index (χ3v) is 7.47. The lowest BCUT2D eigenvalue weighted by Crippen LogP contribution is -2.45. The lowest BCUT2D eigenvalue weighted by atomic mass is 9.91. The normalized spacial score (nSPS) is 16.7. The molecule has 222 valence electrons. The summed E-state index contributed by atoms with van der Waals surface area (Å²) in [4.78, 5) is 25.9. The summed E-state index contributed by atoms with van der Waals surface area (Å²) in [6.07, 6.45) is 2.47. The van der Waals surface area contributed by atoms with Gasteiger partial charge < -0.3 is 30.4 Å². The standard InChI is InChI=1S/C34H37N5O4/c1-34(2,3)43-33(41)38-25-14-12-24(13-15-25)37-32(40)31-30(36)28-18-11-23(20-35)19-29(28)39(31)21-22-9-16-27(17-10-22)42-26-7-5-4-6-8-26/h4-11,16-19,24-25H,12-15,21,36H2,1-3H3,(H,37,40)(H,38,41). The van der Waals surface area contributed by atoms with Gasteiger partial charge in [-0.05, 0) is 94.5 Å². The number of benzene rings is 3. The second-order valence-corrected chi connectivity index (χ2v) is 11.9. The smallest absolute Gasteiger partial charge is 0.407 e. The van der Waals surface area contributed by atoms with Crippen LogP contribution in [0.1, 0.15) is 68.1 Å². The number of nitrogens with zero attached hydrogens (tertiary/aromatic N) is 2. The molecule has 1 aromatic heterocycles. The zero-order valence-corrected chi connectivity index (χ0v) is 24.7. The molecule has 0 saturated heterocycles. The summed E-state index contributed by atoms with van der Waals surface area (Å²) in [5, 5.41) is 16.4. The molecule has 0 aliphatic heterocycles. The number of rotatable bonds is 7. The van der Waals surface area contributed by atoms with Crippen LogP contribution < -0.4 is 21.1 Å². The van der Waals surface area contributed by atoms with Crippen molar-refractivity contribution >= 4 is 28.6 Å². The molecular weight excluding hydrogens is 542 g/mol. The molecule has 1 fully saturated rings. The van der Waals surface area contributed by atoms with Crippen molar-refractivity contribution in [1.29, 1.82) is 5.26 Å². The number of alkyl carbamates (subject to hydrolysis) is 1. The Morgan fingerprint density at radius 2 is 1.56 bits per heavy atom. The van der Waals surface area contributed by atoms with Gasteiger partial charge in [-0.2, -0.15) is 5.26 Å². The third-order valence-electron chi connectivity index (χ3n) is 7.47. The molecule has 1 heterocycles. The third kappa shape index (κ3) is 7.28. The van der Waals surface area contributed by atoms with E-state index in [0.29, 0.717) is 42.1 Å². The number of nitriles is 1. The Balaban J connectivity index is 1.32. The topological polar surface area (TPSA) is 131 Å². The molecule has 1 aliphatic rings. The zero-order chi connectivity index (χ0) is 30.6. The highest BCUT2D eigenvalue weighted by atomic mass is 16.6. The number of anilines is 1. The molecule has 0 atom stereocenters. The number of aromatic nitrogens is 1. The van der Waals surface area contributed by atoms with E-state index in [9.17, 15) is 14.9 Å². The maximum atomic E-state index is 13.8. The number of amides is 2. The van der Waals surface area contributed by atoms with Crippen molar-refractivity contribution in [3.05, 3.63) is 89.6 Å². The van der Waals surface area contributed by atoms with Crippen LogP contribution in [0.3, 0.4) is 0 Å².